The SMILES string of the molecule is CC(NN)C1C2CCCC21. The summed E-state index contributed by atoms with van der Waals surface area (Å²) in [6.07, 6.45) is 4.38. The summed E-state index contributed by atoms with van der Waals surface area (Å²) in [4.78, 5) is 0. The molecule has 2 saturated carbocycles. The number of hydrogen-bond acceptors (Lipinski definition) is 2. The van der Waals surface area contributed by atoms with Crippen molar-refractivity contribution >= 4 is 0 Å². The Hall–Kier alpha value is -0.0800. The van der Waals surface area contributed by atoms with Crippen LogP contribution in [0.5, 0.6) is 0 Å². The Labute approximate surface area is 62.1 Å². The van der Waals surface area contributed by atoms with Crippen LogP contribution in [0.15, 0.2) is 0 Å². The number of fused-ring (bicyclic) bond motifs is 1. The molecule has 0 aromatic rings. The second kappa shape index (κ2) is 2.21. The smallest absolute Gasteiger partial charge is 0.0216 e. The van der Waals surface area contributed by atoms with Gasteiger partial charge < -0.3 is 0 Å². The van der Waals surface area contributed by atoms with Crippen LogP contribution in [0.2, 0.25) is 0 Å². The van der Waals surface area contributed by atoms with E-state index in [1.807, 2.05) is 0 Å². The second-order valence-electron chi connectivity index (χ2n) is 3.79. The van der Waals surface area contributed by atoms with Crippen LogP contribution in [0.4, 0.5) is 0 Å². The first-order chi connectivity index (χ1) is 4.84. The fourth-order valence-corrected chi connectivity index (χ4v) is 2.73. The molecule has 58 valence electrons. The minimum Gasteiger partial charge on any atom is -0.271 e. The molecule has 0 saturated heterocycles. The molecule has 0 aliphatic heterocycles. The van der Waals surface area contributed by atoms with Crippen LogP contribution in [-0.2, 0) is 0 Å². The van der Waals surface area contributed by atoms with Crippen LogP contribution in [0.3, 0.4) is 0 Å². The fraction of sp³-hybridized carbons (Fsp3) is 1.00. The lowest BCUT2D eigenvalue weighted by Crippen LogP contribution is -2.35. The van der Waals surface area contributed by atoms with Gasteiger partial charge in [-0.3, -0.25) is 11.3 Å². The molecule has 0 amide bonds. The molecule has 10 heavy (non-hydrogen) atoms. The van der Waals surface area contributed by atoms with E-state index in [1.165, 1.54) is 19.3 Å². The van der Waals surface area contributed by atoms with Crippen molar-refractivity contribution in [1.82, 2.24) is 5.43 Å². The van der Waals surface area contributed by atoms with Crippen LogP contribution in [-0.4, -0.2) is 6.04 Å². The standard InChI is InChI=1S/C8H16N2/c1-5(10-9)8-6-3-2-4-7(6)8/h5-8,10H,2-4,9H2,1H3. The van der Waals surface area contributed by atoms with E-state index in [0.29, 0.717) is 6.04 Å². The normalized spacial score (nSPS) is 46.8. The molecule has 2 aliphatic carbocycles. The molecule has 0 bridgehead atoms. The molecule has 2 fully saturated rings. The van der Waals surface area contributed by atoms with Gasteiger partial charge in [0.15, 0.2) is 0 Å². The maximum absolute atomic E-state index is 5.37. The Kier molecular flexibility index (Phi) is 1.46. The highest BCUT2D eigenvalue weighted by Crippen LogP contribution is 2.58. The number of nitrogens with one attached hydrogen (secondary N) is 1. The maximum Gasteiger partial charge on any atom is 0.0216 e. The molecule has 2 aliphatic rings. The van der Waals surface area contributed by atoms with Gasteiger partial charge in [-0.05, 0) is 37.5 Å². The summed E-state index contributed by atoms with van der Waals surface area (Å²) in [6.45, 7) is 2.20. The Morgan fingerprint density at radius 3 is 2.50 bits per heavy atom. The van der Waals surface area contributed by atoms with Gasteiger partial charge in [0, 0.05) is 6.04 Å². The molecule has 0 aromatic heterocycles. The Morgan fingerprint density at radius 1 is 1.40 bits per heavy atom. The van der Waals surface area contributed by atoms with Gasteiger partial charge in [0.1, 0.15) is 0 Å². The zero-order valence-electron chi connectivity index (χ0n) is 6.51. The lowest BCUT2D eigenvalue weighted by atomic mass is 10.1. The largest absolute Gasteiger partial charge is 0.271 e. The van der Waals surface area contributed by atoms with Gasteiger partial charge >= 0.3 is 0 Å². The minimum atomic E-state index is 0.551. The quantitative estimate of drug-likeness (QED) is 0.441. The first-order valence-electron chi connectivity index (χ1n) is 4.30. The summed E-state index contributed by atoms with van der Waals surface area (Å²) in [5.74, 6) is 8.35. The summed E-state index contributed by atoms with van der Waals surface area (Å²) in [5, 5.41) is 0. The average Bonchev–Trinajstić information content (AvgIpc) is 2.43. The van der Waals surface area contributed by atoms with E-state index in [-0.39, 0.29) is 0 Å². The van der Waals surface area contributed by atoms with Crippen LogP contribution < -0.4 is 11.3 Å². The summed E-state index contributed by atoms with van der Waals surface area (Å²) >= 11 is 0. The summed E-state index contributed by atoms with van der Waals surface area (Å²) in [5.41, 5.74) is 2.86. The van der Waals surface area contributed by atoms with Crippen molar-refractivity contribution in [3.8, 4) is 0 Å². The highest BCUT2D eigenvalue weighted by atomic mass is 15.2. The van der Waals surface area contributed by atoms with Gasteiger partial charge in [-0.15, -0.1) is 0 Å². The van der Waals surface area contributed by atoms with Crippen molar-refractivity contribution in [3.05, 3.63) is 0 Å². The predicted molar refractivity (Wildman–Crippen MR) is 41.1 cm³/mol. The molecule has 2 rings (SSSR count). The zero-order chi connectivity index (χ0) is 7.14. The van der Waals surface area contributed by atoms with Crippen LogP contribution in [0.25, 0.3) is 0 Å². The first-order valence-corrected chi connectivity index (χ1v) is 4.30. The number of nitrogens with two attached hydrogens (primary N) is 1. The van der Waals surface area contributed by atoms with Gasteiger partial charge in [0.05, 0.1) is 0 Å². The summed E-state index contributed by atoms with van der Waals surface area (Å²) in [6, 6.07) is 0.551. The molecule has 0 heterocycles. The molecule has 2 nitrogen and oxygen atoms in total. The summed E-state index contributed by atoms with van der Waals surface area (Å²) < 4.78 is 0. The Morgan fingerprint density at radius 2 is 2.00 bits per heavy atom. The molecular formula is C8H16N2. The van der Waals surface area contributed by atoms with E-state index in [1.54, 1.807) is 0 Å². The van der Waals surface area contributed by atoms with E-state index in [9.17, 15) is 0 Å². The number of rotatable bonds is 2. The Bertz CT molecular complexity index is 122. The maximum atomic E-state index is 5.37. The lowest BCUT2D eigenvalue weighted by Gasteiger charge is -2.10. The lowest BCUT2D eigenvalue weighted by molar-refractivity contribution is 0.439. The van der Waals surface area contributed by atoms with Gasteiger partial charge in [-0.25, -0.2) is 0 Å². The van der Waals surface area contributed by atoms with Crippen molar-refractivity contribution in [3.63, 3.8) is 0 Å². The van der Waals surface area contributed by atoms with E-state index in [0.717, 1.165) is 17.8 Å². The predicted octanol–water partition coefficient (Wildman–Crippen LogP) is 0.884. The van der Waals surface area contributed by atoms with Gasteiger partial charge in [-0.2, -0.15) is 0 Å². The van der Waals surface area contributed by atoms with Crippen molar-refractivity contribution < 1.29 is 0 Å². The van der Waals surface area contributed by atoms with E-state index < -0.39 is 0 Å². The van der Waals surface area contributed by atoms with Crippen molar-refractivity contribution in [2.45, 2.75) is 32.2 Å². The first kappa shape index (κ1) is 6.62. The van der Waals surface area contributed by atoms with Crippen molar-refractivity contribution in [2.75, 3.05) is 0 Å². The number of hydrazine groups is 1. The highest BCUT2D eigenvalue weighted by molar-refractivity contribution is 5.04. The Balaban J connectivity index is 1.88. The second-order valence-corrected chi connectivity index (χ2v) is 3.79. The molecule has 0 radical (unpaired) electrons. The minimum absolute atomic E-state index is 0.551. The van der Waals surface area contributed by atoms with Crippen LogP contribution >= 0.6 is 0 Å². The molecule has 0 spiro atoms. The van der Waals surface area contributed by atoms with E-state index in [2.05, 4.69) is 12.3 Å². The molecule has 0 aromatic carbocycles. The molecule has 3 atom stereocenters. The van der Waals surface area contributed by atoms with E-state index in [4.69, 9.17) is 5.84 Å². The third-order valence-corrected chi connectivity index (χ3v) is 3.31. The third kappa shape index (κ3) is 0.789. The molecule has 3 N–H and O–H groups in total. The molecular weight excluding hydrogens is 124 g/mol. The van der Waals surface area contributed by atoms with E-state index >= 15 is 0 Å². The van der Waals surface area contributed by atoms with Crippen LogP contribution in [0, 0.1) is 17.8 Å². The highest BCUT2D eigenvalue weighted by Gasteiger charge is 2.54. The van der Waals surface area contributed by atoms with Crippen molar-refractivity contribution in [2.24, 2.45) is 23.6 Å². The van der Waals surface area contributed by atoms with Crippen molar-refractivity contribution in [1.29, 1.82) is 0 Å². The third-order valence-electron chi connectivity index (χ3n) is 3.31. The van der Waals surface area contributed by atoms with Gasteiger partial charge in [0.2, 0.25) is 0 Å². The fourth-order valence-electron chi connectivity index (χ4n) is 2.73. The average molecular weight is 140 g/mol. The van der Waals surface area contributed by atoms with Gasteiger partial charge in [0.25, 0.3) is 0 Å². The number of hydrogen-bond donors (Lipinski definition) is 2. The topological polar surface area (TPSA) is 38.0 Å². The monoisotopic (exact) mass is 140 g/mol. The molecule has 3 unspecified atom stereocenters. The summed E-state index contributed by atoms with van der Waals surface area (Å²) in [7, 11) is 0. The molecule has 2 heteroatoms. The zero-order valence-corrected chi connectivity index (χ0v) is 6.51. The van der Waals surface area contributed by atoms with Gasteiger partial charge in [-0.1, -0.05) is 6.42 Å². The van der Waals surface area contributed by atoms with Crippen LogP contribution in [0.1, 0.15) is 26.2 Å².